The fourth-order valence-corrected chi connectivity index (χ4v) is 4.07. The summed E-state index contributed by atoms with van der Waals surface area (Å²) in [6.07, 6.45) is 2.57. The Morgan fingerprint density at radius 3 is 3.13 bits per heavy atom. The lowest BCUT2D eigenvalue weighted by Crippen LogP contribution is -2.44. The van der Waals surface area contributed by atoms with Gasteiger partial charge in [-0.05, 0) is 49.3 Å². The van der Waals surface area contributed by atoms with Gasteiger partial charge in [-0.25, -0.2) is 0 Å². The Balaban J connectivity index is 1.62. The van der Waals surface area contributed by atoms with Crippen LogP contribution in [0.4, 0.5) is 0 Å². The number of thiophene rings is 1. The summed E-state index contributed by atoms with van der Waals surface area (Å²) in [4.78, 5) is 16.8. The fourth-order valence-electron chi connectivity index (χ4n) is 3.40. The van der Waals surface area contributed by atoms with E-state index in [0.717, 1.165) is 31.6 Å². The van der Waals surface area contributed by atoms with Gasteiger partial charge < -0.3 is 19.3 Å². The van der Waals surface area contributed by atoms with E-state index in [1.54, 1.807) is 11.3 Å². The fraction of sp³-hybridized carbons (Fsp3) is 0.706. The van der Waals surface area contributed by atoms with E-state index in [1.807, 2.05) is 35.8 Å². The minimum Gasteiger partial charge on any atom is -0.373 e. The first kappa shape index (κ1) is 16.9. The first-order valence-corrected chi connectivity index (χ1v) is 9.28. The quantitative estimate of drug-likeness (QED) is 0.791. The molecule has 3 atom stereocenters. The maximum atomic E-state index is 12.7. The average molecular weight is 338 g/mol. The zero-order chi connectivity index (χ0) is 16.2. The molecule has 0 aromatic carbocycles. The number of hydrogen-bond acceptors (Lipinski definition) is 5. The zero-order valence-corrected chi connectivity index (χ0v) is 14.8. The Bertz CT molecular complexity index is 506. The third kappa shape index (κ3) is 4.12. The lowest BCUT2D eigenvalue weighted by molar-refractivity contribution is -0.134. The van der Waals surface area contributed by atoms with Gasteiger partial charge in [-0.1, -0.05) is 0 Å². The van der Waals surface area contributed by atoms with Crippen LogP contribution < -0.4 is 0 Å². The molecule has 6 heteroatoms. The number of hydrogen-bond donors (Lipinski definition) is 0. The topological polar surface area (TPSA) is 42.0 Å². The number of ether oxygens (including phenoxy) is 2. The van der Waals surface area contributed by atoms with Gasteiger partial charge in [0.2, 0.25) is 5.91 Å². The summed E-state index contributed by atoms with van der Waals surface area (Å²) in [5.41, 5.74) is 1.10. The van der Waals surface area contributed by atoms with E-state index in [0.29, 0.717) is 19.6 Å². The molecule has 2 fully saturated rings. The number of rotatable bonds is 6. The van der Waals surface area contributed by atoms with Gasteiger partial charge in [0.1, 0.15) is 12.2 Å². The maximum absolute atomic E-state index is 12.7. The summed E-state index contributed by atoms with van der Waals surface area (Å²) in [6, 6.07) is 2.21. The van der Waals surface area contributed by atoms with E-state index in [4.69, 9.17) is 9.47 Å². The van der Waals surface area contributed by atoms with Crippen LogP contribution in [0, 0.1) is 0 Å². The molecule has 3 heterocycles. The van der Waals surface area contributed by atoms with Gasteiger partial charge in [0.05, 0.1) is 19.1 Å². The van der Waals surface area contributed by atoms with Crippen molar-refractivity contribution in [3.05, 3.63) is 22.4 Å². The van der Waals surface area contributed by atoms with Gasteiger partial charge in [-0.3, -0.25) is 4.79 Å². The molecule has 1 aromatic heterocycles. The van der Waals surface area contributed by atoms with Gasteiger partial charge in [-0.15, -0.1) is 0 Å². The van der Waals surface area contributed by atoms with Gasteiger partial charge in [0, 0.05) is 19.7 Å². The molecule has 2 aliphatic heterocycles. The Kier molecular flexibility index (Phi) is 5.69. The van der Waals surface area contributed by atoms with E-state index in [9.17, 15) is 4.79 Å². The highest BCUT2D eigenvalue weighted by atomic mass is 32.1. The molecule has 2 saturated heterocycles. The van der Waals surface area contributed by atoms with Crippen LogP contribution in [-0.2, 0) is 20.7 Å². The summed E-state index contributed by atoms with van der Waals surface area (Å²) in [6.45, 7) is 3.00. The Morgan fingerprint density at radius 1 is 1.52 bits per heavy atom. The molecule has 0 aliphatic carbocycles. The Morgan fingerprint density at radius 2 is 2.39 bits per heavy atom. The van der Waals surface area contributed by atoms with Crippen LogP contribution in [0.25, 0.3) is 0 Å². The molecule has 2 aliphatic rings. The highest BCUT2D eigenvalue weighted by Gasteiger charge is 2.46. The smallest absolute Gasteiger partial charge is 0.227 e. The standard InChI is InChI=1S/C17H26N2O3S/c1-18(2)6-8-21-15-11-19(14-4-3-7-22-17(14)15)16(20)10-13-5-9-23-12-13/h5,9,12,14-15,17H,3-4,6-8,10-11H2,1-2H3/t14-,15+,17+/m0/s1. The number of fused-ring (bicyclic) bond motifs is 1. The molecular formula is C17H26N2O3S. The average Bonchev–Trinajstić information content (AvgIpc) is 3.15. The molecule has 3 rings (SSSR count). The molecule has 23 heavy (non-hydrogen) atoms. The van der Waals surface area contributed by atoms with Crippen molar-refractivity contribution in [2.45, 2.75) is 37.5 Å². The van der Waals surface area contributed by atoms with Gasteiger partial charge >= 0.3 is 0 Å². The van der Waals surface area contributed by atoms with Crippen molar-refractivity contribution < 1.29 is 14.3 Å². The first-order chi connectivity index (χ1) is 11.1. The number of carbonyl (C=O) groups is 1. The van der Waals surface area contributed by atoms with E-state index in [2.05, 4.69) is 4.90 Å². The van der Waals surface area contributed by atoms with Crippen molar-refractivity contribution in [3.63, 3.8) is 0 Å². The molecule has 1 aromatic rings. The predicted octanol–water partition coefficient (Wildman–Crippen LogP) is 1.63. The van der Waals surface area contributed by atoms with Crippen molar-refractivity contribution in [1.82, 2.24) is 9.80 Å². The summed E-state index contributed by atoms with van der Waals surface area (Å²) in [5, 5.41) is 4.07. The molecule has 1 amide bonds. The largest absolute Gasteiger partial charge is 0.373 e. The van der Waals surface area contributed by atoms with Crippen molar-refractivity contribution in [2.75, 3.05) is 40.4 Å². The number of likely N-dealkylation sites (N-methyl/N-ethyl adjacent to an activating group) is 1. The van der Waals surface area contributed by atoms with Crippen LogP contribution in [0.2, 0.25) is 0 Å². The molecule has 0 bridgehead atoms. The molecule has 0 N–H and O–H groups in total. The van der Waals surface area contributed by atoms with Gasteiger partial charge in [0.25, 0.3) is 0 Å². The summed E-state index contributed by atoms with van der Waals surface area (Å²) < 4.78 is 12.0. The van der Waals surface area contributed by atoms with E-state index < -0.39 is 0 Å². The van der Waals surface area contributed by atoms with Crippen LogP contribution in [0.1, 0.15) is 18.4 Å². The molecule has 5 nitrogen and oxygen atoms in total. The van der Waals surface area contributed by atoms with Crippen molar-refractivity contribution in [1.29, 1.82) is 0 Å². The second kappa shape index (κ2) is 7.75. The van der Waals surface area contributed by atoms with E-state index >= 15 is 0 Å². The second-order valence-corrected chi connectivity index (χ2v) is 7.39. The van der Waals surface area contributed by atoms with Crippen molar-refractivity contribution in [2.24, 2.45) is 0 Å². The lowest BCUT2D eigenvalue weighted by atomic mass is 10.0. The van der Waals surface area contributed by atoms with Crippen molar-refractivity contribution in [3.8, 4) is 0 Å². The Labute approximate surface area is 142 Å². The van der Waals surface area contributed by atoms with Crippen LogP contribution in [-0.4, -0.2) is 74.4 Å². The number of likely N-dealkylation sites (tertiary alicyclic amines) is 1. The normalized spacial score (nSPS) is 27.4. The van der Waals surface area contributed by atoms with E-state index in [1.165, 1.54) is 0 Å². The molecule has 128 valence electrons. The molecular weight excluding hydrogens is 312 g/mol. The number of nitrogens with zero attached hydrogens (tertiary/aromatic N) is 2. The highest BCUT2D eigenvalue weighted by Crippen LogP contribution is 2.31. The lowest BCUT2D eigenvalue weighted by Gasteiger charge is -2.32. The van der Waals surface area contributed by atoms with Crippen LogP contribution >= 0.6 is 11.3 Å². The predicted molar refractivity (Wildman–Crippen MR) is 90.8 cm³/mol. The minimum atomic E-state index is 0.00618. The van der Waals surface area contributed by atoms with Crippen LogP contribution in [0.15, 0.2) is 16.8 Å². The van der Waals surface area contributed by atoms with E-state index in [-0.39, 0.29) is 24.2 Å². The van der Waals surface area contributed by atoms with Crippen LogP contribution in [0.5, 0.6) is 0 Å². The highest BCUT2D eigenvalue weighted by molar-refractivity contribution is 7.07. The molecule has 0 saturated carbocycles. The molecule has 0 unspecified atom stereocenters. The second-order valence-electron chi connectivity index (χ2n) is 6.61. The molecule has 0 radical (unpaired) electrons. The summed E-state index contributed by atoms with van der Waals surface area (Å²) in [7, 11) is 4.07. The minimum absolute atomic E-state index is 0.00618. The zero-order valence-electron chi connectivity index (χ0n) is 13.9. The Hall–Kier alpha value is -0.950. The number of carbonyl (C=O) groups excluding carboxylic acids is 1. The third-order valence-electron chi connectivity index (χ3n) is 4.60. The third-order valence-corrected chi connectivity index (χ3v) is 5.34. The maximum Gasteiger partial charge on any atom is 0.227 e. The van der Waals surface area contributed by atoms with Gasteiger partial charge in [-0.2, -0.15) is 11.3 Å². The first-order valence-electron chi connectivity index (χ1n) is 8.33. The molecule has 0 spiro atoms. The van der Waals surface area contributed by atoms with Crippen molar-refractivity contribution >= 4 is 17.2 Å². The van der Waals surface area contributed by atoms with Crippen LogP contribution in [0.3, 0.4) is 0 Å². The van der Waals surface area contributed by atoms with Gasteiger partial charge in [0.15, 0.2) is 0 Å². The summed E-state index contributed by atoms with van der Waals surface area (Å²) in [5.74, 6) is 0.197. The number of amides is 1. The SMILES string of the molecule is CN(C)CCO[C@@H]1CN(C(=O)Cc2ccsc2)[C@H]2CCCO[C@@H]12. The monoisotopic (exact) mass is 338 g/mol. The summed E-state index contributed by atoms with van der Waals surface area (Å²) >= 11 is 1.64.